The number of carboxylic acid groups (broad SMARTS) is 1. The quantitative estimate of drug-likeness (QED) is 0.562. The van der Waals surface area contributed by atoms with Crippen molar-refractivity contribution in [3.8, 4) is 11.5 Å². The molecule has 0 fully saturated rings. The van der Waals surface area contributed by atoms with Crippen molar-refractivity contribution in [1.29, 1.82) is 0 Å². The molecule has 31 heavy (non-hydrogen) atoms. The van der Waals surface area contributed by atoms with Gasteiger partial charge in [0.15, 0.2) is 11.5 Å². The molecule has 2 amide bonds. The summed E-state index contributed by atoms with van der Waals surface area (Å²) in [6, 6.07) is 12.4. The van der Waals surface area contributed by atoms with Crippen LogP contribution in [0.4, 0.5) is 0 Å². The summed E-state index contributed by atoms with van der Waals surface area (Å²) in [6.45, 7) is 3.83. The van der Waals surface area contributed by atoms with E-state index >= 15 is 0 Å². The lowest BCUT2D eigenvalue weighted by molar-refractivity contribution is -0.141. The van der Waals surface area contributed by atoms with Gasteiger partial charge >= 0.3 is 5.97 Å². The molecular formula is C23H24N2O6. The SMILES string of the molecule is CC(C)C[C@@H](NC(=O)C(=Cc1ccc2c(c1)OCO2)NC(=O)c1ccccc1)C(=O)O. The molecule has 0 aliphatic carbocycles. The second kappa shape index (κ2) is 9.80. The third kappa shape index (κ3) is 5.85. The lowest BCUT2D eigenvalue weighted by Gasteiger charge is -2.18. The van der Waals surface area contributed by atoms with Gasteiger partial charge in [-0.15, -0.1) is 0 Å². The maximum Gasteiger partial charge on any atom is 0.326 e. The molecule has 0 saturated heterocycles. The number of aliphatic carboxylic acids is 1. The van der Waals surface area contributed by atoms with E-state index in [4.69, 9.17) is 9.47 Å². The Bertz CT molecular complexity index is 1000. The van der Waals surface area contributed by atoms with Crippen molar-refractivity contribution in [2.45, 2.75) is 26.3 Å². The van der Waals surface area contributed by atoms with Crippen LogP contribution in [0.1, 0.15) is 36.2 Å². The highest BCUT2D eigenvalue weighted by Gasteiger charge is 2.24. The van der Waals surface area contributed by atoms with Crippen molar-refractivity contribution < 1.29 is 29.0 Å². The Hall–Kier alpha value is -3.81. The molecule has 3 N–H and O–H groups in total. The maximum atomic E-state index is 12.9. The summed E-state index contributed by atoms with van der Waals surface area (Å²) in [7, 11) is 0. The summed E-state index contributed by atoms with van der Waals surface area (Å²) in [5.41, 5.74) is 0.866. The minimum atomic E-state index is -1.14. The summed E-state index contributed by atoms with van der Waals surface area (Å²) in [5, 5.41) is 14.5. The fourth-order valence-corrected chi connectivity index (χ4v) is 3.04. The van der Waals surface area contributed by atoms with Gasteiger partial charge in [-0.2, -0.15) is 0 Å². The van der Waals surface area contributed by atoms with Crippen LogP contribution in [0.5, 0.6) is 11.5 Å². The number of fused-ring (bicyclic) bond motifs is 1. The maximum absolute atomic E-state index is 12.9. The van der Waals surface area contributed by atoms with Crippen molar-refractivity contribution in [2.24, 2.45) is 5.92 Å². The van der Waals surface area contributed by atoms with Gasteiger partial charge in [0.1, 0.15) is 11.7 Å². The van der Waals surface area contributed by atoms with Crippen LogP contribution >= 0.6 is 0 Å². The van der Waals surface area contributed by atoms with Crippen LogP contribution in [-0.2, 0) is 9.59 Å². The van der Waals surface area contributed by atoms with Crippen LogP contribution in [-0.4, -0.2) is 35.7 Å². The van der Waals surface area contributed by atoms with Gasteiger partial charge in [0.25, 0.3) is 11.8 Å². The highest BCUT2D eigenvalue weighted by molar-refractivity contribution is 6.06. The lowest BCUT2D eigenvalue weighted by Crippen LogP contribution is -2.45. The second-order valence-corrected chi connectivity index (χ2v) is 7.48. The van der Waals surface area contributed by atoms with Gasteiger partial charge in [0, 0.05) is 5.56 Å². The number of rotatable bonds is 8. The zero-order valence-electron chi connectivity index (χ0n) is 17.3. The molecule has 0 spiro atoms. The number of hydrogen-bond donors (Lipinski definition) is 3. The minimum absolute atomic E-state index is 0.0570. The van der Waals surface area contributed by atoms with E-state index in [9.17, 15) is 19.5 Å². The molecule has 0 bridgehead atoms. The summed E-state index contributed by atoms with van der Waals surface area (Å²) in [6.07, 6.45) is 1.72. The fourth-order valence-electron chi connectivity index (χ4n) is 3.04. The second-order valence-electron chi connectivity index (χ2n) is 7.48. The Morgan fingerprint density at radius 3 is 2.45 bits per heavy atom. The molecule has 1 aliphatic heterocycles. The average molecular weight is 424 g/mol. The average Bonchev–Trinajstić information content (AvgIpc) is 3.20. The van der Waals surface area contributed by atoms with Gasteiger partial charge in [-0.05, 0) is 48.2 Å². The molecular weight excluding hydrogens is 400 g/mol. The van der Waals surface area contributed by atoms with Crippen molar-refractivity contribution in [1.82, 2.24) is 10.6 Å². The van der Waals surface area contributed by atoms with Crippen LogP contribution < -0.4 is 20.1 Å². The zero-order valence-corrected chi connectivity index (χ0v) is 17.3. The number of ether oxygens (including phenoxy) is 2. The molecule has 3 rings (SSSR count). The van der Waals surface area contributed by atoms with Gasteiger partial charge in [-0.1, -0.05) is 38.1 Å². The molecule has 2 aromatic rings. The molecule has 8 nitrogen and oxygen atoms in total. The number of nitrogens with one attached hydrogen (secondary N) is 2. The first kappa shape index (κ1) is 21.9. The Labute approximate surface area is 179 Å². The molecule has 162 valence electrons. The monoisotopic (exact) mass is 424 g/mol. The standard InChI is InChI=1S/C23H24N2O6/c1-14(2)10-18(23(28)29)25-22(27)17(24-21(26)16-6-4-3-5-7-16)11-15-8-9-19-20(12-15)31-13-30-19/h3-9,11-12,14,18H,10,13H2,1-2H3,(H,24,26)(H,25,27)(H,28,29)/t18-/m1/s1. The highest BCUT2D eigenvalue weighted by atomic mass is 16.7. The topological polar surface area (TPSA) is 114 Å². The van der Waals surface area contributed by atoms with E-state index in [1.165, 1.54) is 6.08 Å². The fraction of sp³-hybridized carbons (Fsp3) is 0.261. The minimum Gasteiger partial charge on any atom is -0.480 e. The predicted molar refractivity (Wildman–Crippen MR) is 113 cm³/mol. The Morgan fingerprint density at radius 1 is 1.06 bits per heavy atom. The Morgan fingerprint density at radius 2 is 1.77 bits per heavy atom. The van der Waals surface area contributed by atoms with Crippen LogP contribution in [0.15, 0.2) is 54.2 Å². The van der Waals surface area contributed by atoms with E-state index in [-0.39, 0.29) is 24.8 Å². The van der Waals surface area contributed by atoms with E-state index in [0.29, 0.717) is 22.6 Å². The van der Waals surface area contributed by atoms with Crippen molar-refractivity contribution >= 4 is 23.9 Å². The number of benzene rings is 2. The van der Waals surface area contributed by atoms with Gasteiger partial charge in [0.05, 0.1) is 0 Å². The van der Waals surface area contributed by atoms with Gasteiger partial charge in [0.2, 0.25) is 6.79 Å². The number of amides is 2. The summed E-state index contributed by atoms with van der Waals surface area (Å²) >= 11 is 0. The lowest BCUT2D eigenvalue weighted by atomic mass is 10.0. The first-order chi connectivity index (χ1) is 14.8. The van der Waals surface area contributed by atoms with Crippen LogP contribution in [0.2, 0.25) is 0 Å². The van der Waals surface area contributed by atoms with Crippen molar-refractivity contribution in [3.63, 3.8) is 0 Å². The zero-order chi connectivity index (χ0) is 22.4. The predicted octanol–water partition coefficient (Wildman–Crippen LogP) is 2.80. The summed E-state index contributed by atoms with van der Waals surface area (Å²) < 4.78 is 10.6. The van der Waals surface area contributed by atoms with Crippen LogP contribution in [0.25, 0.3) is 6.08 Å². The molecule has 0 radical (unpaired) electrons. The summed E-state index contributed by atoms with van der Waals surface area (Å²) in [5.74, 6) is -1.17. The van der Waals surface area contributed by atoms with E-state index in [0.717, 1.165) is 0 Å². The van der Waals surface area contributed by atoms with E-state index in [2.05, 4.69) is 10.6 Å². The van der Waals surface area contributed by atoms with Gasteiger partial charge in [-0.3, -0.25) is 9.59 Å². The normalized spacial score (nSPS) is 13.6. The smallest absolute Gasteiger partial charge is 0.326 e. The molecule has 2 aromatic carbocycles. The van der Waals surface area contributed by atoms with E-state index in [1.807, 2.05) is 13.8 Å². The van der Waals surface area contributed by atoms with Crippen LogP contribution in [0, 0.1) is 5.92 Å². The first-order valence-corrected chi connectivity index (χ1v) is 9.85. The molecule has 8 heteroatoms. The number of carbonyl (C=O) groups is 3. The number of carboxylic acids is 1. The van der Waals surface area contributed by atoms with Gasteiger partial charge < -0.3 is 25.2 Å². The summed E-state index contributed by atoms with van der Waals surface area (Å²) in [4.78, 5) is 37.1. The molecule has 1 heterocycles. The molecule has 0 unspecified atom stereocenters. The van der Waals surface area contributed by atoms with E-state index in [1.54, 1.807) is 48.5 Å². The van der Waals surface area contributed by atoms with Crippen molar-refractivity contribution in [2.75, 3.05) is 6.79 Å². The largest absolute Gasteiger partial charge is 0.480 e. The molecule has 0 aromatic heterocycles. The highest BCUT2D eigenvalue weighted by Crippen LogP contribution is 2.33. The van der Waals surface area contributed by atoms with Gasteiger partial charge in [-0.25, -0.2) is 4.79 Å². The number of carbonyl (C=O) groups excluding carboxylic acids is 2. The van der Waals surface area contributed by atoms with Crippen LogP contribution in [0.3, 0.4) is 0 Å². The van der Waals surface area contributed by atoms with Crippen molar-refractivity contribution in [3.05, 3.63) is 65.4 Å². The third-order valence-corrected chi connectivity index (χ3v) is 4.55. The third-order valence-electron chi connectivity index (χ3n) is 4.55. The Kier molecular flexibility index (Phi) is 6.92. The Balaban J connectivity index is 1.88. The number of hydrogen-bond acceptors (Lipinski definition) is 5. The molecule has 1 atom stereocenters. The molecule has 1 aliphatic rings. The first-order valence-electron chi connectivity index (χ1n) is 9.85. The molecule has 0 saturated carbocycles. The van der Waals surface area contributed by atoms with E-state index < -0.39 is 23.8 Å².